The first kappa shape index (κ1) is 20.1. The Hall–Kier alpha value is -2.23. The fourth-order valence-electron chi connectivity index (χ4n) is 2.65. The number of benzene rings is 1. The molecule has 0 spiro atoms. The largest absolute Gasteiger partial charge is 0.348 e. The number of fused-ring (bicyclic) bond motifs is 1. The molecule has 0 saturated carbocycles. The Morgan fingerprint density at radius 3 is 2.50 bits per heavy atom. The number of aromatic amines is 1. The summed E-state index contributed by atoms with van der Waals surface area (Å²) in [7, 11) is -3.68. The topological polar surface area (TPSA) is 125 Å². The first-order valence-corrected chi connectivity index (χ1v) is 9.86. The number of carbonyl (C=O) groups excluding carboxylic acids is 1. The summed E-state index contributed by atoms with van der Waals surface area (Å²) in [5.74, 6) is -0.476. The van der Waals surface area contributed by atoms with Gasteiger partial charge in [0.05, 0.1) is 10.5 Å². The molecule has 26 heavy (non-hydrogen) atoms. The molecule has 2 rings (SSSR count). The highest BCUT2D eigenvalue weighted by atomic mass is 32.2. The fourth-order valence-corrected chi connectivity index (χ4v) is 4.14. The number of hydrogen-bond acceptors (Lipinski definition) is 5. The second-order valence-electron chi connectivity index (χ2n) is 5.95. The van der Waals surface area contributed by atoms with Gasteiger partial charge in [0.1, 0.15) is 0 Å². The number of pyridine rings is 1. The molecule has 2 aromatic rings. The van der Waals surface area contributed by atoms with E-state index in [0.717, 1.165) is 6.07 Å². The highest BCUT2D eigenvalue weighted by Gasteiger charge is 2.23. The minimum atomic E-state index is -3.68. The van der Waals surface area contributed by atoms with Crippen LogP contribution in [0.5, 0.6) is 0 Å². The average molecular weight is 380 g/mol. The Morgan fingerprint density at radius 2 is 1.92 bits per heavy atom. The number of carbonyl (C=O) groups is 1. The zero-order chi connectivity index (χ0) is 19.5. The lowest BCUT2D eigenvalue weighted by atomic mass is 10.1. The number of aromatic nitrogens is 1. The molecule has 8 nitrogen and oxygen atoms in total. The summed E-state index contributed by atoms with van der Waals surface area (Å²) >= 11 is 0. The molecule has 9 heteroatoms. The lowest BCUT2D eigenvalue weighted by Crippen LogP contribution is -2.38. The molecule has 0 saturated heterocycles. The number of nitrogens with one attached hydrogen (secondary N) is 2. The molecule has 0 fully saturated rings. The van der Waals surface area contributed by atoms with Crippen LogP contribution in [0, 0.1) is 0 Å². The second kappa shape index (κ2) is 7.98. The molecule has 1 amide bonds. The van der Waals surface area contributed by atoms with Crippen molar-refractivity contribution in [3.8, 4) is 0 Å². The monoisotopic (exact) mass is 380 g/mol. The van der Waals surface area contributed by atoms with Crippen LogP contribution in [-0.2, 0) is 10.0 Å². The number of hydrogen-bond donors (Lipinski definition) is 3. The molecule has 0 aliphatic carbocycles. The predicted octanol–water partition coefficient (Wildman–Crippen LogP) is 0.636. The Balaban J connectivity index is 2.64. The summed E-state index contributed by atoms with van der Waals surface area (Å²) in [4.78, 5) is 27.1. The normalized spacial score (nSPS) is 13.1. The molecule has 1 heterocycles. The van der Waals surface area contributed by atoms with Gasteiger partial charge >= 0.3 is 0 Å². The highest BCUT2D eigenvalue weighted by molar-refractivity contribution is 7.89. The average Bonchev–Trinajstić information content (AvgIpc) is 2.61. The standard InChI is InChI=1S/C17H24N4O4S/c1-4-21(5-2)26(24,25)12-6-7-15-13(8-12)14(9-16(22)20-15)17(23)19-11(3)10-18/h6-9,11H,4-5,10,18H2,1-3H3,(H,19,23)(H,20,22)/t11-/m0/s1. The second-order valence-corrected chi connectivity index (χ2v) is 7.89. The first-order chi connectivity index (χ1) is 12.2. The zero-order valence-electron chi connectivity index (χ0n) is 15.1. The number of sulfonamides is 1. The lowest BCUT2D eigenvalue weighted by Gasteiger charge is -2.19. The third-order valence-electron chi connectivity index (χ3n) is 4.13. The van der Waals surface area contributed by atoms with Crippen LogP contribution in [0.1, 0.15) is 31.1 Å². The van der Waals surface area contributed by atoms with E-state index in [4.69, 9.17) is 5.73 Å². The van der Waals surface area contributed by atoms with Crippen molar-refractivity contribution in [2.75, 3.05) is 19.6 Å². The predicted molar refractivity (Wildman–Crippen MR) is 101 cm³/mol. The molecule has 1 aromatic heterocycles. The van der Waals surface area contributed by atoms with Gasteiger partial charge in [0, 0.05) is 42.6 Å². The molecular weight excluding hydrogens is 356 g/mol. The third kappa shape index (κ3) is 3.95. The minimum absolute atomic E-state index is 0.0710. The number of rotatable bonds is 7. The molecule has 0 aliphatic rings. The minimum Gasteiger partial charge on any atom is -0.348 e. The van der Waals surface area contributed by atoms with E-state index < -0.39 is 21.5 Å². The van der Waals surface area contributed by atoms with E-state index in [1.54, 1.807) is 20.8 Å². The Labute approximate surface area is 152 Å². The highest BCUT2D eigenvalue weighted by Crippen LogP contribution is 2.22. The van der Waals surface area contributed by atoms with Crippen LogP contribution in [0.3, 0.4) is 0 Å². The van der Waals surface area contributed by atoms with Gasteiger partial charge in [-0.25, -0.2) is 8.42 Å². The van der Waals surface area contributed by atoms with Gasteiger partial charge in [0.2, 0.25) is 15.6 Å². The summed E-state index contributed by atoms with van der Waals surface area (Å²) in [5.41, 5.74) is 5.58. The summed E-state index contributed by atoms with van der Waals surface area (Å²) < 4.78 is 26.8. The van der Waals surface area contributed by atoms with Gasteiger partial charge in [-0.2, -0.15) is 4.31 Å². The van der Waals surface area contributed by atoms with Gasteiger partial charge in [0.15, 0.2) is 0 Å². The van der Waals surface area contributed by atoms with E-state index in [1.165, 1.54) is 22.5 Å². The van der Waals surface area contributed by atoms with Crippen molar-refractivity contribution >= 4 is 26.8 Å². The maximum absolute atomic E-state index is 12.7. The zero-order valence-corrected chi connectivity index (χ0v) is 15.9. The third-order valence-corrected chi connectivity index (χ3v) is 6.18. The number of nitrogens with zero attached hydrogens (tertiary/aromatic N) is 1. The fraction of sp³-hybridized carbons (Fsp3) is 0.412. The van der Waals surface area contributed by atoms with Crippen molar-refractivity contribution in [3.63, 3.8) is 0 Å². The molecule has 4 N–H and O–H groups in total. The van der Waals surface area contributed by atoms with Crippen molar-refractivity contribution < 1.29 is 13.2 Å². The van der Waals surface area contributed by atoms with Crippen molar-refractivity contribution in [2.45, 2.75) is 31.7 Å². The number of nitrogens with two attached hydrogens (primary N) is 1. The van der Waals surface area contributed by atoms with Crippen LogP contribution in [0.15, 0.2) is 34.0 Å². The van der Waals surface area contributed by atoms with Crippen molar-refractivity contribution in [2.24, 2.45) is 5.73 Å². The maximum atomic E-state index is 12.7. The van der Waals surface area contributed by atoms with Gasteiger partial charge in [-0.3, -0.25) is 9.59 Å². The molecule has 0 bridgehead atoms. The van der Waals surface area contributed by atoms with Crippen molar-refractivity contribution in [3.05, 3.63) is 40.2 Å². The van der Waals surface area contributed by atoms with Crippen LogP contribution in [0.25, 0.3) is 10.9 Å². The van der Waals surface area contributed by atoms with E-state index in [2.05, 4.69) is 10.3 Å². The van der Waals surface area contributed by atoms with Gasteiger partial charge < -0.3 is 16.0 Å². The van der Waals surface area contributed by atoms with Crippen LogP contribution in [0.2, 0.25) is 0 Å². The molecule has 0 radical (unpaired) electrons. The summed E-state index contributed by atoms with van der Waals surface area (Å²) in [6.07, 6.45) is 0. The van der Waals surface area contributed by atoms with Crippen LogP contribution < -0.4 is 16.6 Å². The Bertz CT molecular complexity index is 964. The van der Waals surface area contributed by atoms with E-state index in [0.29, 0.717) is 24.0 Å². The molecule has 1 atom stereocenters. The number of amides is 1. The number of H-pyrrole nitrogens is 1. The van der Waals surface area contributed by atoms with Crippen LogP contribution >= 0.6 is 0 Å². The van der Waals surface area contributed by atoms with E-state index in [9.17, 15) is 18.0 Å². The van der Waals surface area contributed by atoms with Crippen molar-refractivity contribution in [1.29, 1.82) is 0 Å². The molecule has 0 unspecified atom stereocenters. The van der Waals surface area contributed by atoms with Gasteiger partial charge in [0.25, 0.3) is 5.91 Å². The lowest BCUT2D eigenvalue weighted by molar-refractivity contribution is 0.0942. The van der Waals surface area contributed by atoms with Gasteiger partial charge in [-0.1, -0.05) is 13.8 Å². The van der Waals surface area contributed by atoms with Crippen LogP contribution in [0.4, 0.5) is 0 Å². The molecule has 1 aromatic carbocycles. The summed E-state index contributed by atoms with van der Waals surface area (Å²) in [5, 5.41) is 3.05. The van der Waals surface area contributed by atoms with E-state index in [-0.39, 0.29) is 23.0 Å². The Kier molecular flexibility index (Phi) is 6.17. The maximum Gasteiger partial charge on any atom is 0.252 e. The van der Waals surface area contributed by atoms with E-state index >= 15 is 0 Å². The summed E-state index contributed by atoms with van der Waals surface area (Å²) in [6, 6.07) is 5.22. The van der Waals surface area contributed by atoms with Crippen molar-refractivity contribution in [1.82, 2.24) is 14.6 Å². The quantitative estimate of drug-likeness (QED) is 0.650. The SMILES string of the molecule is CCN(CC)S(=O)(=O)c1ccc2[nH]c(=O)cc(C(=O)N[C@@H](C)CN)c2c1. The van der Waals surface area contributed by atoms with E-state index in [1.807, 2.05) is 0 Å². The summed E-state index contributed by atoms with van der Waals surface area (Å²) in [6.45, 7) is 6.17. The van der Waals surface area contributed by atoms with Gasteiger partial charge in [-0.05, 0) is 25.1 Å². The Morgan fingerprint density at radius 1 is 1.27 bits per heavy atom. The molecular formula is C17H24N4O4S. The molecule has 142 valence electrons. The molecule has 0 aliphatic heterocycles. The van der Waals surface area contributed by atoms with Crippen LogP contribution in [-0.4, -0.2) is 49.3 Å². The van der Waals surface area contributed by atoms with Gasteiger partial charge in [-0.15, -0.1) is 0 Å². The smallest absolute Gasteiger partial charge is 0.252 e. The first-order valence-electron chi connectivity index (χ1n) is 8.42.